The van der Waals surface area contributed by atoms with Gasteiger partial charge in [0, 0.05) is 19.1 Å². The first-order valence-electron chi connectivity index (χ1n) is 7.35. The van der Waals surface area contributed by atoms with Crippen LogP contribution in [0.1, 0.15) is 25.3 Å². The molecule has 6 nitrogen and oxygen atoms in total. The average molecular weight is 323 g/mol. The van der Waals surface area contributed by atoms with Crippen molar-refractivity contribution in [3.8, 4) is 11.8 Å². The fourth-order valence-electron chi connectivity index (χ4n) is 2.68. The summed E-state index contributed by atoms with van der Waals surface area (Å²) < 4.78 is 32.8. The van der Waals surface area contributed by atoms with Crippen molar-refractivity contribution in [3.05, 3.63) is 23.8 Å². The van der Waals surface area contributed by atoms with Crippen LogP contribution in [0.2, 0.25) is 0 Å². The molecular weight excluding hydrogens is 302 g/mol. The zero-order valence-corrected chi connectivity index (χ0v) is 13.7. The summed E-state index contributed by atoms with van der Waals surface area (Å²) in [5, 5.41) is 12.1. The second kappa shape index (κ2) is 7.09. The minimum Gasteiger partial charge on any atom is -0.495 e. The van der Waals surface area contributed by atoms with Crippen LogP contribution in [0.3, 0.4) is 0 Å². The molecule has 1 aliphatic heterocycles. The van der Waals surface area contributed by atoms with Gasteiger partial charge >= 0.3 is 0 Å². The van der Waals surface area contributed by atoms with Crippen molar-refractivity contribution in [2.45, 2.75) is 30.7 Å². The minimum absolute atomic E-state index is 0.0368. The van der Waals surface area contributed by atoms with E-state index >= 15 is 0 Å². The van der Waals surface area contributed by atoms with Gasteiger partial charge in [0.25, 0.3) is 0 Å². The quantitative estimate of drug-likeness (QED) is 0.854. The van der Waals surface area contributed by atoms with Crippen molar-refractivity contribution in [2.24, 2.45) is 0 Å². The lowest BCUT2D eigenvalue weighted by Crippen LogP contribution is -2.42. The largest absolute Gasteiger partial charge is 0.495 e. The lowest BCUT2D eigenvalue weighted by molar-refractivity contribution is 0.331. The fraction of sp³-hybridized carbons (Fsp3) is 0.533. The first-order chi connectivity index (χ1) is 10.5. The summed E-state index contributed by atoms with van der Waals surface area (Å²) in [5.74, 6) is 0.214. The van der Waals surface area contributed by atoms with Gasteiger partial charge in [0.05, 0.1) is 18.7 Å². The van der Waals surface area contributed by atoms with E-state index in [0.29, 0.717) is 18.7 Å². The summed E-state index contributed by atoms with van der Waals surface area (Å²) in [4.78, 5) is 0.120. The summed E-state index contributed by atoms with van der Waals surface area (Å²) in [6.07, 6.45) is 1.55. The smallest absolute Gasteiger partial charge is 0.247 e. The monoisotopic (exact) mass is 323 g/mol. The van der Waals surface area contributed by atoms with Crippen molar-refractivity contribution in [2.75, 3.05) is 26.7 Å². The Kier molecular flexibility index (Phi) is 5.40. The van der Waals surface area contributed by atoms with Crippen LogP contribution < -0.4 is 10.1 Å². The van der Waals surface area contributed by atoms with Gasteiger partial charge in [-0.2, -0.15) is 9.57 Å². The fourth-order valence-corrected chi connectivity index (χ4v) is 4.57. The molecule has 120 valence electrons. The van der Waals surface area contributed by atoms with Crippen LogP contribution in [0.25, 0.3) is 0 Å². The maximum absolute atomic E-state index is 13.0. The SMILES string of the molecule is CCCN(C1CCNC1)S(=O)(=O)c1ccc(C#N)cc1OC. The zero-order valence-electron chi connectivity index (χ0n) is 12.9. The van der Waals surface area contributed by atoms with Gasteiger partial charge < -0.3 is 10.1 Å². The highest BCUT2D eigenvalue weighted by Gasteiger charge is 2.34. The van der Waals surface area contributed by atoms with E-state index in [0.717, 1.165) is 19.4 Å². The number of ether oxygens (including phenoxy) is 1. The molecular formula is C15H21N3O3S. The van der Waals surface area contributed by atoms with Crippen LogP contribution in [0.15, 0.2) is 23.1 Å². The molecule has 1 saturated heterocycles. The molecule has 1 aliphatic rings. The second-order valence-corrected chi connectivity index (χ2v) is 7.10. The van der Waals surface area contributed by atoms with Gasteiger partial charge in [-0.25, -0.2) is 8.42 Å². The Morgan fingerprint density at radius 3 is 2.82 bits per heavy atom. The van der Waals surface area contributed by atoms with E-state index in [4.69, 9.17) is 10.00 Å². The zero-order chi connectivity index (χ0) is 16.2. The van der Waals surface area contributed by atoms with Crippen molar-refractivity contribution in [1.82, 2.24) is 9.62 Å². The Bertz CT molecular complexity index is 661. The van der Waals surface area contributed by atoms with Crippen molar-refractivity contribution < 1.29 is 13.2 Å². The average Bonchev–Trinajstić information content (AvgIpc) is 3.05. The van der Waals surface area contributed by atoms with Gasteiger partial charge in [-0.3, -0.25) is 0 Å². The van der Waals surface area contributed by atoms with Crippen LogP contribution in [0.4, 0.5) is 0 Å². The summed E-state index contributed by atoms with van der Waals surface area (Å²) in [7, 11) is -2.24. The van der Waals surface area contributed by atoms with E-state index in [1.807, 2.05) is 13.0 Å². The number of sulfonamides is 1. The van der Waals surface area contributed by atoms with Gasteiger partial charge in [0.2, 0.25) is 10.0 Å². The number of methoxy groups -OCH3 is 1. The van der Waals surface area contributed by atoms with Gasteiger partial charge in [-0.1, -0.05) is 6.92 Å². The topological polar surface area (TPSA) is 82.4 Å². The first kappa shape index (κ1) is 16.7. The normalized spacial score (nSPS) is 18.4. The minimum atomic E-state index is -3.66. The standard InChI is InChI=1S/C15H21N3O3S/c1-3-8-18(13-6-7-17-11-13)22(19,20)15-5-4-12(10-16)9-14(15)21-2/h4-5,9,13,17H,3,6-8,11H2,1-2H3. The van der Waals surface area contributed by atoms with Crippen LogP contribution in [0.5, 0.6) is 5.75 Å². The Balaban J connectivity index is 2.45. The van der Waals surface area contributed by atoms with Crippen LogP contribution in [-0.4, -0.2) is 45.5 Å². The Labute approximate surface area is 131 Å². The lowest BCUT2D eigenvalue weighted by atomic mass is 10.2. The number of rotatable bonds is 6. The van der Waals surface area contributed by atoms with Gasteiger partial charge in [0.1, 0.15) is 10.6 Å². The predicted molar refractivity (Wildman–Crippen MR) is 83.2 cm³/mol. The van der Waals surface area contributed by atoms with Gasteiger partial charge in [-0.15, -0.1) is 0 Å². The Morgan fingerprint density at radius 2 is 2.27 bits per heavy atom. The number of hydrogen-bond acceptors (Lipinski definition) is 5. The number of nitrogens with zero attached hydrogens (tertiary/aromatic N) is 2. The molecule has 22 heavy (non-hydrogen) atoms. The third kappa shape index (κ3) is 3.24. The number of nitrogens with one attached hydrogen (secondary N) is 1. The van der Waals surface area contributed by atoms with E-state index in [9.17, 15) is 8.42 Å². The molecule has 1 fully saturated rings. The van der Waals surface area contributed by atoms with Crippen LogP contribution in [-0.2, 0) is 10.0 Å². The van der Waals surface area contributed by atoms with Gasteiger partial charge in [0.15, 0.2) is 0 Å². The maximum atomic E-state index is 13.0. The third-order valence-corrected chi connectivity index (χ3v) is 5.76. The highest BCUT2D eigenvalue weighted by Crippen LogP contribution is 2.30. The van der Waals surface area contributed by atoms with Crippen molar-refractivity contribution in [1.29, 1.82) is 5.26 Å². The molecule has 0 aromatic heterocycles. The molecule has 1 atom stereocenters. The van der Waals surface area contributed by atoms with Crippen molar-refractivity contribution >= 4 is 10.0 Å². The molecule has 1 heterocycles. The highest BCUT2D eigenvalue weighted by molar-refractivity contribution is 7.89. The van der Waals surface area contributed by atoms with Crippen LogP contribution >= 0.6 is 0 Å². The van der Waals surface area contributed by atoms with Crippen molar-refractivity contribution in [3.63, 3.8) is 0 Å². The molecule has 1 unspecified atom stereocenters. The Morgan fingerprint density at radius 1 is 1.50 bits per heavy atom. The third-order valence-electron chi connectivity index (χ3n) is 3.76. The van der Waals surface area contributed by atoms with E-state index in [1.54, 1.807) is 4.31 Å². The molecule has 0 aliphatic carbocycles. The number of nitriles is 1. The Hall–Kier alpha value is -1.62. The molecule has 0 amide bonds. The molecule has 0 spiro atoms. The summed E-state index contributed by atoms with van der Waals surface area (Å²) in [5.41, 5.74) is 0.375. The highest BCUT2D eigenvalue weighted by atomic mass is 32.2. The molecule has 1 aromatic carbocycles. The molecule has 1 N–H and O–H groups in total. The lowest BCUT2D eigenvalue weighted by Gasteiger charge is -2.27. The molecule has 7 heteroatoms. The summed E-state index contributed by atoms with van der Waals surface area (Å²) in [6, 6.07) is 6.38. The second-order valence-electron chi connectivity index (χ2n) is 5.24. The summed E-state index contributed by atoms with van der Waals surface area (Å²) >= 11 is 0. The first-order valence-corrected chi connectivity index (χ1v) is 8.79. The molecule has 0 saturated carbocycles. The number of benzene rings is 1. The van der Waals surface area contributed by atoms with E-state index in [-0.39, 0.29) is 16.7 Å². The molecule has 1 aromatic rings. The van der Waals surface area contributed by atoms with E-state index in [2.05, 4.69) is 5.32 Å². The van der Waals surface area contributed by atoms with E-state index in [1.165, 1.54) is 25.3 Å². The van der Waals surface area contributed by atoms with Crippen LogP contribution in [0, 0.1) is 11.3 Å². The summed E-state index contributed by atoms with van der Waals surface area (Å²) in [6.45, 7) is 3.92. The molecule has 0 bridgehead atoms. The number of hydrogen-bond donors (Lipinski definition) is 1. The van der Waals surface area contributed by atoms with E-state index < -0.39 is 10.0 Å². The maximum Gasteiger partial charge on any atom is 0.247 e. The molecule has 2 rings (SSSR count). The van der Waals surface area contributed by atoms with Gasteiger partial charge in [-0.05, 0) is 37.6 Å². The predicted octanol–water partition coefficient (Wildman–Crippen LogP) is 1.33. The molecule has 0 radical (unpaired) electrons.